The highest BCUT2D eigenvalue weighted by Crippen LogP contribution is 2.26. The van der Waals surface area contributed by atoms with Crippen LogP contribution in [0.1, 0.15) is 27.8 Å². The van der Waals surface area contributed by atoms with Crippen molar-refractivity contribution >= 4 is 27.5 Å². The number of halogens is 1. The summed E-state index contributed by atoms with van der Waals surface area (Å²) in [6.07, 6.45) is 3.41. The topological polar surface area (TPSA) is 112 Å². The van der Waals surface area contributed by atoms with Crippen LogP contribution in [0.15, 0.2) is 59.8 Å². The zero-order valence-corrected chi connectivity index (χ0v) is 20.0. The van der Waals surface area contributed by atoms with Gasteiger partial charge in [0.1, 0.15) is 22.5 Å². The van der Waals surface area contributed by atoms with E-state index >= 15 is 0 Å². The second-order valence-electron chi connectivity index (χ2n) is 7.11. The quantitative estimate of drug-likeness (QED) is 0.421. The van der Waals surface area contributed by atoms with Crippen molar-refractivity contribution in [3.05, 3.63) is 76.8 Å². The van der Waals surface area contributed by atoms with Crippen LogP contribution < -0.4 is 14.8 Å². The highest BCUT2D eigenvalue weighted by molar-refractivity contribution is 7.89. The van der Waals surface area contributed by atoms with Crippen LogP contribution in [0, 0.1) is 0 Å². The second-order valence-corrected chi connectivity index (χ2v) is 9.28. The maximum absolute atomic E-state index is 13.2. The molecule has 0 fully saturated rings. The molecule has 2 aromatic carbocycles. The number of nitrogens with one attached hydrogen (secondary N) is 2. The zero-order chi connectivity index (χ0) is 24.0. The molecule has 0 saturated carbocycles. The Hall–Kier alpha value is -2.92. The van der Waals surface area contributed by atoms with Gasteiger partial charge in [0.05, 0.1) is 13.7 Å². The summed E-state index contributed by atoms with van der Waals surface area (Å²) >= 11 is 6.02. The predicted molar refractivity (Wildman–Crippen MR) is 124 cm³/mol. The average Bonchev–Trinajstić information content (AvgIpc) is 3.23. The van der Waals surface area contributed by atoms with Gasteiger partial charge in [-0.05, 0) is 35.9 Å². The van der Waals surface area contributed by atoms with Crippen molar-refractivity contribution in [2.45, 2.75) is 10.9 Å². The van der Waals surface area contributed by atoms with Gasteiger partial charge in [-0.15, -0.1) is 0 Å². The number of sulfonamides is 1. The van der Waals surface area contributed by atoms with E-state index in [0.717, 1.165) is 5.56 Å². The highest BCUT2D eigenvalue weighted by Gasteiger charge is 2.25. The maximum Gasteiger partial charge on any atom is 0.252 e. The molecule has 9 nitrogen and oxygen atoms in total. The van der Waals surface area contributed by atoms with Crippen LogP contribution >= 0.6 is 11.6 Å². The third kappa shape index (κ3) is 5.91. The molecule has 176 valence electrons. The molecule has 33 heavy (non-hydrogen) atoms. The summed E-state index contributed by atoms with van der Waals surface area (Å²) in [5.74, 6) is 0.247. The molecular weight excluding hydrogens is 468 g/mol. The minimum Gasteiger partial charge on any atom is -0.495 e. The molecule has 3 rings (SSSR count). The first kappa shape index (κ1) is 24.7. The first-order valence-corrected chi connectivity index (χ1v) is 11.8. The molecule has 1 heterocycles. The standard InChI is InChI=1S/C22H25ClN4O5S/c1-27-12-10-24-21(27)20(15-4-7-17(23)8-5-15)26-22(28)16-6-9-18(32-3)19(14-16)33(29,30)25-11-13-31-2/h4-10,12,14,20,25H,11,13H2,1-3H3,(H,26,28)/t20-/m1/s1. The van der Waals surface area contributed by atoms with E-state index < -0.39 is 22.0 Å². The first-order valence-electron chi connectivity index (χ1n) is 9.97. The Balaban J connectivity index is 1.94. The molecule has 0 spiro atoms. The van der Waals surface area contributed by atoms with Crippen LogP contribution in [0.5, 0.6) is 5.75 Å². The highest BCUT2D eigenvalue weighted by atomic mass is 35.5. The van der Waals surface area contributed by atoms with Gasteiger partial charge in [-0.3, -0.25) is 4.79 Å². The Bertz CT molecular complexity index is 1210. The smallest absolute Gasteiger partial charge is 0.252 e. The van der Waals surface area contributed by atoms with E-state index in [4.69, 9.17) is 21.1 Å². The summed E-state index contributed by atoms with van der Waals surface area (Å²) in [7, 11) is 0.721. The van der Waals surface area contributed by atoms with Gasteiger partial charge >= 0.3 is 0 Å². The lowest BCUT2D eigenvalue weighted by Gasteiger charge is -2.20. The molecule has 0 aliphatic heterocycles. The van der Waals surface area contributed by atoms with Crippen molar-refractivity contribution in [3.8, 4) is 5.75 Å². The Morgan fingerprint density at radius 3 is 2.52 bits per heavy atom. The van der Waals surface area contributed by atoms with E-state index in [1.807, 2.05) is 7.05 Å². The van der Waals surface area contributed by atoms with E-state index in [1.165, 1.54) is 32.4 Å². The van der Waals surface area contributed by atoms with Crippen molar-refractivity contribution in [1.29, 1.82) is 0 Å². The summed E-state index contributed by atoms with van der Waals surface area (Å²) in [5.41, 5.74) is 0.917. The number of carbonyl (C=O) groups is 1. The average molecular weight is 493 g/mol. The molecule has 0 bridgehead atoms. The molecule has 0 aliphatic carbocycles. The van der Waals surface area contributed by atoms with Crippen LogP contribution in [0.4, 0.5) is 0 Å². The fourth-order valence-electron chi connectivity index (χ4n) is 3.21. The Labute approximate surface area is 197 Å². The summed E-state index contributed by atoms with van der Waals surface area (Å²) in [5, 5.41) is 3.50. The summed E-state index contributed by atoms with van der Waals surface area (Å²) in [6, 6.07) is 10.7. The summed E-state index contributed by atoms with van der Waals surface area (Å²) < 4.78 is 39.8. The van der Waals surface area contributed by atoms with Gasteiger partial charge < -0.3 is 19.4 Å². The number of hydrogen-bond donors (Lipinski definition) is 2. The normalized spacial score (nSPS) is 12.4. The number of rotatable bonds is 10. The van der Waals surface area contributed by atoms with Gasteiger partial charge in [0.2, 0.25) is 10.0 Å². The molecule has 0 radical (unpaired) electrons. The zero-order valence-electron chi connectivity index (χ0n) is 18.4. The molecule has 11 heteroatoms. The van der Waals surface area contributed by atoms with Crippen molar-refractivity contribution in [2.24, 2.45) is 7.05 Å². The number of aryl methyl sites for hydroxylation is 1. The Kier molecular flexibility index (Phi) is 8.09. The number of benzene rings is 2. The third-order valence-corrected chi connectivity index (χ3v) is 6.64. The lowest BCUT2D eigenvalue weighted by molar-refractivity contribution is 0.0941. The fraction of sp³-hybridized carbons (Fsp3) is 0.273. The lowest BCUT2D eigenvalue weighted by Crippen LogP contribution is -2.32. The van der Waals surface area contributed by atoms with Gasteiger partial charge in [-0.2, -0.15) is 0 Å². The van der Waals surface area contributed by atoms with Crippen LogP contribution in [-0.4, -0.2) is 51.2 Å². The maximum atomic E-state index is 13.2. The predicted octanol–water partition coefficient (Wildman–Crippen LogP) is 2.53. The van der Waals surface area contributed by atoms with Crippen LogP contribution in [0.2, 0.25) is 5.02 Å². The van der Waals surface area contributed by atoms with Crippen molar-refractivity contribution in [3.63, 3.8) is 0 Å². The minimum atomic E-state index is -3.93. The number of carbonyl (C=O) groups excluding carboxylic acids is 1. The van der Waals surface area contributed by atoms with Crippen molar-refractivity contribution < 1.29 is 22.7 Å². The number of hydrogen-bond acceptors (Lipinski definition) is 6. The van der Waals surface area contributed by atoms with E-state index in [-0.39, 0.29) is 29.4 Å². The van der Waals surface area contributed by atoms with Crippen LogP contribution in [0.25, 0.3) is 0 Å². The van der Waals surface area contributed by atoms with Crippen LogP contribution in [0.3, 0.4) is 0 Å². The minimum absolute atomic E-state index is 0.0796. The largest absolute Gasteiger partial charge is 0.495 e. The van der Waals surface area contributed by atoms with E-state index in [1.54, 1.807) is 41.2 Å². The van der Waals surface area contributed by atoms with E-state index in [9.17, 15) is 13.2 Å². The number of imidazole rings is 1. The monoisotopic (exact) mass is 492 g/mol. The fourth-order valence-corrected chi connectivity index (χ4v) is 4.54. The first-order chi connectivity index (χ1) is 15.8. The second kappa shape index (κ2) is 10.8. The van der Waals surface area contributed by atoms with Crippen molar-refractivity contribution in [1.82, 2.24) is 19.6 Å². The Morgan fingerprint density at radius 1 is 1.18 bits per heavy atom. The number of amides is 1. The van der Waals surface area contributed by atoms with Gasteiger partial charge in [0, 0.05) is 43.7 Å². The van der Waals surface area contributed by atoms with Gasteiger partial charge in [0.15, 0.2) is 0 Å². The Morgan fingerprint density at radius 2 is 1.91 bits per heavy atom. The van der Waals surface area contributed by atoms with Crippen LogP contribution in [-0.2, 0) is 21.8 Å². The summed E-state index contributed by atoms with van der Waals surface area (Å²) in [4.78, 5) is 17.4. The molecule has 1 amide bonds. The lowest BCUT2D eigenvalue weighted by atomic mass is 10.1. The number of ether oxygens (including phenoxy) is 2. The molecule has 2 N–H and O–H groups in total. The molecule has 0 saturated heterocycles. The molecular formula is C22H25ClN4O5S. The number of methoxy groups -OCH3 is 2. The van der Waals surface area contributed by atoms with Crippen molar-refractivity contribution in [2.75, 3.05) is 27.4 Å². The summed E-state index contributed by atoms with van der Waals surface area (Å²) in [6.45, 7) is 0.282. The van der Waals surface area contributed by atoms with Gasteiger partial charge in [0.25, 0.3) is 5.91 Å². The molecule has 0 aliphatic rings. The van der Waals surface area contributed by atoms with E-state index in [0.29, 0.717) is 10.8 Å². The molecule has 0 unspecified atom stereocenters. The molecule has 1 aromatic heterocycles. The number of nitrogens with zero attached hydrogens (tertiary/aromatic N) is 2. The van der Waals surface area contributed by atoms with Gasteiger partial charge in [-0.25, -0.2) is 18.1 Å². The molecule has 3 aromatic rings. The van der Waals surface area contributed by atoms with Gasteiger partial charge in [-0.1, -0.05) is 23.7 Å². The third-order valence-electron chi connectivity index (χ3n) is 4.91. The van der Waals surface area contributed by atoms with E-state index in [2.05, 4.69) is 15.0 Å². The molecule has 1 atom stereocenters. The number of aromatic nitrogens is 2. The SMILES string of the molecule is COCCNS(=O)(=O)c1cc(C(=O)N[C@H](c2ccc(Cl)cc2)c2nccn2C)ccc1OC.